The van der Waals surface area contributed by atoms with Crippen LogP contribution in [-0.2, 0) is 19.1 Å². The van der Waals surface area contributed by atoms with Crippen LogP contribution in [0.1, 0.15) is 26.7 Å². The zero-order valence-electron chi connectivity index (χ0n) is 12.0. The van der Waals surface area contributed by atoms with Crippen molar-refractivity contribution in [3.8, 4) is 0 Å². The Morgan fingerprint density at radius 3 is 2.68 bits per heavy atom. The van der Waals surface area contributed by atoms with Crippen LogP contribution in [0, 0.1) is 0 Å². The molecular weight excluding hydrogens is 248 g/mol. The summed E-state index contributed by atoms with van der Waals surface area (Å²) in [5.74, 6) is -0.140. The summed E-state index contributed by atoms with van der Waals surface area (Å²) in [4.78, 5) is 25.5. The van der Waals surface area contributed by atoms with Gasteiger partial charge in [-0.1, -0.05) is 6.92 Å². The molecule has 0 radical (unpaired) electrons. The van der Waals surface area contributed by atoms with Crippen LogP contribution in [0.5, 0.6) is 0 Å². The van der Waals surface area contributed by atoms with Crippen LogP contribution in [0.15, 0.2) is 0 Å². The highest BCUT2D eigenvalue weighted by Crippen LogP contribution is 2.22. The maximum atomic E-state index is 11.9. The van der Waals surface area contributed by atoms with E-state index in [-0.39, 0.29) is 18.4 Å². The fraction of sp³-hybridized carbons (Fsp3) is 0.846. The highest BCUT2D eigenvalue weighted by molar-refractivity contribution is 5.97. The molecule has 0 aliphatic carbocycles. The van der Waals surface area contributed by atoms with Crippen LogP contribution in [0.2, 0.25) is 0 Å². The summed E-state index contributed by atoms with van der Waals surface area (Å²) < 4.78 is 10.4. The van der Waals surface area contributed by atoms with Gasteiger partial charge in [0.25, 0.3) is 0 Å². The molecule has 1 unspecified atom stereocenters. The van der Waals surface area contributed by atoms with Gasteiger partial charge in [0, 0.05) is 26.9 Å². The number of amides is 2. The van der Waals surface area contributed by atoms with E-state index in [1.165, 1.54) is 0 Å². The predicted molar refractivity (Wildman–Crippen MR) is 70.7 cm³/mol. The lowest BCUT2D eigenvalue weighted by molar-refractivity contribution is -0.153. The number of ether oxygens (including phenoxy) is 2. The van der Waals surface area contributed by atoms with Gasteiger partial charge in [-0.05, 0) is 19.8 Å². The zero-order chi connectivity index (χ0) is 14.3. The third kappa shape index (κ3) is 3.91. The number of hydrogen-bond acceptors (Lipinski definition) is 4. The number of hydrogen-bond donors (Lipinski definition) is 1. The molecule has 0 spiro atoms. The average Bonchev–Trinajstić information content (AvgIpc) is 2.41. The lowest BCUT2D eigenvalue weighted by Crippen LogP contribution is -2.66. The van der Waals surface area contributed by atoms with E-state index < -0.39 is 5.54 Å². The minimum Gasteiger partial charge on any atom is -0.385 e. The lowest BCUT2D eigenvalue weighted by Gasteiger charge is -2.42. The van der Waals surface area contributed by atoms with Gasteiger partial charge in [-0.2, -0.15) is 0 Å². The quantitative estimate of drug-likeness (QED) is 0.639. The first-order chi connectivity index (χ1) is 9.06. The summed E-state index contributed by atoms with van der Waals surface area (Å²) in [6, 6.07) is 0. The molecule has 0 aromatic heterocycles. The fourth-order valence-corrected chi connectivity index (χ4v) is 2.13. The Hall–Kier alpha value is -1.14. The van der Waals surface area contributed by atoms with Crippen LogP contribution < -0.4 is 5.32 Å². The Morgan fingerprint density at radius 2 is 2.05 bits per heavy atom. The maximum absolute atomic E-state index is 11.9. The minimum absolute atomic E-state index is 0.0514. The second kappa shape index (κ2) is 7.45. The van der Waals surface area contributed by atoms with Crippen molar-refractivity contribution in [1.82, 2.24) is 10.2 Å². The molecule has 110 valence electrons. The molecule has 1 N–H and O–H groups in total. The van der Waals surface area contributed by atoms with Gasteiger partial charge >= 0.3 is 0 Å². The Kier molecular flexibility index (Phi) is 6.24. The normalized spacial score (nSPS) is 23.6. The Balaban J connectivity index is 2.44. The zero-order valence-corrected chi connectivity index (χ0v) is 12.0. The van der Waals surface area contributed by atoms with E-state index in [2.05, 4.69) is 5.32 Å². The lowest BCUT2D eigenvalue weighted by atomic mass is 9.93. The first-order valence-corrected chi connectivity index (χ1v) is 6.71. The van der Waals surface area contributed by atoms with Crippen LogP contribution in [0.3, 0.4) is 0 Å². The predicted octanol–water partition coefficient (Wildman–Crippen LogP) is 0.167. The fourth-order valence-electron chi connectivity index (χ4n) is 2.13. The van der Waals surface area contributed by atoms with Gasteiger partial charge in [-0.15, -0.1) is 0 Å². The van der Waals surface area contributed by atoms with Gasteiger partial charge in [0.2, 0.25) is 11.8 Å². The molecule has 0 aromatic rings. The summed E-state index contributed by atoms with van der Waals surface area (Å²) >= 11 is 0. The molecule has 0 saturated carbocycles. The number of methoxy groups -OCH3 is 1. The molecular formula is C13H24N2O4. The van der Waals surface area contributed by atoms with E-state index in [0.717, 1.165) is 6.42 Å². The summed E-state index contributed by atoms with van der Waals surface area (Å²) in [7, 11) is 1.65. The summed E-state index contributed by atoms with van der Waals surface area (Å²) in [5.41, 5.74) is -0.759. The van der Waals surface area contributed by atoms with Crippen molar-refractivity contribution in [3.63, 3.8) is 0 Å². The summed E-state index contributed by atoms with van der Waals surface area (Å²) in [5, 5.41) is 2.63. The van der Waals surface area contributed by atoms with Crippen molar-refractivity contribution in [3.05, 3.63) is 0 Å². The van der Waals surface area contributed by atoms with Crippen molar-refractivity contribution in [2.75, 3.05) is 40.0 Å². The summed E-state index contributed by atoms with van der Waals surface area (Å²) in [6.45, 7) is 5.94. The van der Waals surface area contributed by atoms with E-state index in [0.29, 0.717) is 32.8 Å². The second-order valence-electron chi connectivity index (χ2n) is 4.81. The molecule has 0 aromatic carbocycles. The Labute approximate surface area is 114 Å². The first kappa shape index (κ1) is 15.9. The van der Waals surface area contributed by atoms with Crippen molar-refractivity contribution < 1.29 is 19.1 Å². The molecule has 1 rings (SSSR count). The number of carbonyl (C=O) groups excluding carboxylic acids is 2. The second-order valence-corrected chi connectivity index (χ2v) is 4.81. The number of carbonyl (C=O) groups is 2. The maximum Gasteiger partial charge on any atom is 0.246 e. The topological polar surface area (TPSA) is 67.9 Å². The van der Waals surface area contributed by atoms with E-state index in [9.17, 15) is 9.59 Å². The standard InChI is InChI=1S/C13H24N2O4/c1-4-13(2)12(17)14-10-11(16)15(13)6-9-19-8-5-7-18-3/h4-10H2,1-3H3,(H,14,17). The average molecular weight is 272 g/mol. The minimum atomic E-state index is -0.759. The van der Waals surface area contributed by atoms with Crippen LogP contribution in [0.4, 0.5) is 0 Å². The van der Waals surface area contributed by atoms with Gasteiger partial charge < -0.3 is 19.7 Å². The highest BCUT2D eigenvalue weighted by Gasteiger charge is 2.43. The third-order valence-corrected chi connectivity index (χ3v) is 3.57. The molecule has 2 amide bonds. The van der Waals surface area contributed by atoms with Gasteiger partial charge in [-0.25, -0.2) is 0 Å². The van der Waals surface area contributed by atoms with Crippen LogP contribution >= 0.6 is 0 Å². The van der Waals surface area contributed by atoms with Crippen molar-refractivity contribution in [2.24, 2.45) is 0 Å². The number of nitrogens with one attached hydrogen (secondary N) is 1. The molecule has 1 saturated heterocycles. The highest BCUT2D eigenvalue weighted by atomic mass is 16.5. The monoisotopic (exact) mass is 272 g/mol. The van der Waals surface area contributed by atoms with Gasteiger partial charge in [0.15, 0.2) is 0 Å². The molecule has 1 atom stereocenters. The van der Waals surface area contributed by atoms with Crippen molar-refractivity contribution in [1.29, 1.82) is 0 Å². The Bertz CT molecular complexity index is 322. The molecule has 6 heteroatoms. The number of piperazine rings is 1. The Morgan fingerprint density at radius 1 is 1.32 bits per heavy atom. The van der Waals surface area contributed by atoms with Crippen LogP contribution in [-0.4, -0.2) is 62.3 Å². The van der Waals surface area contributed by atoms with E-state index in [1.54, 1.807) is 18.9 Å². The molecule has 1 heterocycles. The summed E-state index contributed by atoms with van der Waals surface area (Å²) in [6.07, 6.45) is 1.42. The smallest absolute Gasteiger partial charge is 0.246 e. The third-order valence-electron chi connectivity index (χ3n) is 3.57. The number of rotatable bonds is 8. The van der Waals surface area contributed by atoms with E-state index in [1.807, 2.05) is 6.92 Å². The van der Waals surface area contributed by atoms with Gasteiger partial charge in [-0.3, -0.25) is 9.59 Å². The molecule has 19 heavy (non-hydrogen) atoms. The molecule has 1 aliphatic heterocycles. The van der Waals surface area contributed by atoms with Crippen molar-refractivity contribution >= 4 is 11.8 Å². The molecule has 6 nitrogen and oxygen atoms in total. The van der Waals surface area contributed by atoms with Crippen LogP contribution in [0.25, 0.3) is 0 Å². The van der Waals surface area contributed by atoms with E-state index in [4.69, 9.17) is 9.47 Å². The first-order valence-electron chi connectivity index (χ1n) is 6.71. The molecule has 1 aliphatic rings. The molecule has 1 fully saturated rings. The van der Waals surface area contributed by atoms with Gasteiger partial charge in [0.1, 0.15) is 5.54 Å². The SMILES string of the molecule is CCC1(C)C(=O)NCC(=O)N1CCOCCCOC. The largest absolute Gasteiger partial charge is 0.385 e. The van der Waals surface area contributed by atoms with Gasteiger partial charge in [0.05, 0.1) is 13.2 Å². The number of nitrogens with zero attached hydrogens (tertiary/aromatic N) is 1. The van der Waals surface area contributed by atoms with Crippen molar-refractivity contribution in [2.45, 2.75) is 32.2 Å². The molecule has 0 bridgehead atoms. The van der Waals surface area contributed by atoms with E-state index >= 15 is 0 Å².